The van der Waals surface area contributed by atoms with E-state index in [9.17, 15) is 8.42 Å². The Bertz CT molecular complexity index is 352. The van der Waals surface area contributed by atoms with E-state index in [0.717, 1.165) is 0 Å². The number of nitrogens with two attached hydrogens (primary N) is 1. The Morgan fingerprint density at radius 3 is 2.60 bits per heavy atom. The van der Waals surface area contributed by atoms with Crippen molar-refractivity contribution in [3.05, 3.63) is 0 Å². The van der Waals surface area contributed by atoms with Crippen LogP contribution in [0, 0.1) is 5.41 Å². The van der Waals surface area contributed by atoms with Crippen molar-refractivity contribution in [3.8, 4) is 0 Å². The highest BCUT2D eigenvalue weighted by Crippen LogP contribution is 2.41. The summed E-state index contributed by atoms with van der Waals surface area (Å²) in [6, 6.07) is 0. The molecule has 0 saturated heterocycles. The third-order valence-electron chi connectivity index (χ3n) is 3.11. The standard InChI is InChI=1S/C9H17NO3S2/c1-13-6-9(8(10)14)4-3-7(5-9)15(2,11)12/h7H,3-6H2,1-2H3,(H2,10,14)/t7-,9-/m1/s1. The van der Waals surface area contributed by atoms with Crippen molar-refractivity contribution in [1.82, 2.24) is 0 Å². The van der Waals surface area contributed by atoms with Gasteiger partial charge in [0.2, 0.25) is 0 Å². The minimum Gasteiger partial charge on any atom is -0.393 e. The normalized spacial score (nSPS) is 31.7. The van der Waals surface area contributed by atoms with Crippen LogP contribution >= 0.6 is 12.2 Å². The van der Waals surface area contributed by atoms with Crippen LogP contribution in [0.25, 0.3) is 0 Å². The van der Waals surface area contributed by atoms with Crippen molar-refractivity contribution in [1.29, 1.82) is 0 Å². The van der Waals surface area contributed by atoms with Crippen molar-refractivity contribution >= 4 is 27.0 Å². The first-order chi connectivity index (χ1) is 6.82. The van der Waals surface area contributed by atoms with Crippen LogP contribution < -0.4 is 5.73 Å². The number of hydrogen-bond donors (Lipinski definition) is 1. The van der Waals surface area contributed by atoms with Gasteiger partial charge >= 0.3 is 0 Å². The minimum atomic E-state index is -3.00. The van der Waals surface area contributed by atoms with E-state index < -0.39 is 15.3 Å². The molecule has 2 atom stereocenters. The summed E-state index contributed by atoms with van der Waals surface area (Å²) in [5.74, 6) is 0. The van der Waals surface area contributed by atoms with Crippen LogP contribution in [0.15, 0.2) is 0 Å². The van der Waals surface area contributed by atoms with Gasteiger partial charge in [0, 0.05) is 18.8 Å². The van der Waals surface area contributed by atoms with E-state index in [1.165, 1.54) is 6.26 Å². The molecule has 0 aromatic carbocycles. The molecular weight excluding hydrogens is 234 g/mol. The van der Waals surface area contributed by atoms with Gasteiger partial charge in [-0.05, 0) is 19.3 Å². The Morgan fingerprint density at radius 1 is 1.67 bits per heavy atom. The van der Waals surface area contributed by atoms with Crippen molar-refractivity contribution in [3.63, 3.8) is 0 Å². The lowest BCUT2D eigenvalue weighted by Gasteiger charge is -2.26. The van der Waals surface area contributed by atoms with Gasteiger partial charge in [-0.3, -0.25) is 0 Å². The van der Waals surface area contributed by atoms with Crippen LogP contribution in [0.3, 0.4) is 0 Å². The van der Waals surface area contributed by atoms with Gasteiger partial charge in [0.05, 0.1) is 16.8 Å². The van der Waals surface area contributed by atoms with Crippen molar-refractivity contribution in [2.75, 3.05) is 20.0 Å². The average Bonchev–Trinajstić information content (AvgIpc) is 2.49. The van der Waals surface area contributed by atoms with Gasteiger partial charge in [-0.2, -0.15) is 0 Å². The number of rotatable bonds is 4. The summed E-state index contributed by atoms with van der Waals surface area (Å²) in [5, 5.41) is -0.325. The van der Waals surface area contributed by atoms with E-state index in [0.29, 0.717) is 30.9 Å². The first kappa shape index (κ1) is 12.9. The largest absolute Gasteiger partial charge is 0.393 e. The molecule has 0 aliphatic heterocycles. The molecule has 0 aromatic rings. The molecule has 0 heterocycles. The van der Waals surface area contributed by atoms with Crippen molar-refractivity contribution < 1.29 is 13.2 Å². The molecule has 88 valence electrons. The summed E-state index contributed by atoms with van der Waals surface area (Å²) in [6.45, 7) is 0.411. The number of methoxy groups -OCH3 is 1. The molecule has 4 nitrogen and oxygen atoms in total. The first-order valence-corrected chi connectivity index (χ1v) is 7.16. The maximum atomic E-state index is 11.4. The summed E-state index contributed by atoms with van der Waals surface area (Å²) >= 11 is 5.01. The Morgan fingerprint density at radius 2 is 2.27 bits per heavy atom. The van der Waals surface area contributed by atoms with Crippen LogP contribution in [0.2, 0.25) is 0 Å². The number of sulfone groups is 1. The average molecular weight is 251 g/mol. The smallest absolute Gasteiger partial charge is 0.150 e. The number of hydrogen-bond acceptors (Lipinski definition) is 4. The molecule has 0 unspecified atom stereocenters. The highest BCUT2D eigenvalue weighted by atomic mass is 32.2. The van der Waals surface area contributed by atoms with Gasteiger partial charge in [-0.25, -0.2) is 8.42 Å². The summed E-state index contributed by atoms with van der Waals surface area (Å²) in [4.78, 5) is 0.371. The topological polar surface area (TPSA) is 69.4 Å². The summed E-state index contributed by atoms with van der Waals surface area (Å²) in [6.07, 6.45) is 3.09. The highest BCUT2D eigenvalue weighted by molar-refractivity contribution is 7.91. The third kappa shape index (κ3) is 2.68. The van der Waals surface area contributed by atoms with E-state index in [2.05, 4.69) is 0 Å². The molecule has 1 rings (SSSR count). The molecule has 0 aromatic heterocycles. The second-order valence-electron chi connectivity index (χ2n) is 4.27. The fraction of sp³-hybridized carbons (Fsp3) is 0.889. The fourth-order valence-electron chi connectivity index (χ4n) is 2.14. The lowest BCUT2D eigenvalue weighted by Crippen LogP contribution is -2.38. The molecule has 0 amide bonds. The quantitative estimate of drug-likeness (QED) is 0.737. The third-order valence-corrected chi connectivity index (χ3v) is 5.16. The lowest BCUT2D eigenvalue weighted by atomic mass is 9.87. The zero-order chi connectivity index (χ0) is 11.7. The van der Waals surface area contributed by atoms with Crippen LogP contribution in [0.4, 0.5) is 0 Å². The van der Waals surface area contributed by atoms with Gasteiger partial charge in [-0.1, -0.05) is 12.2 Å². The Kier molecular flexibility index (Phi) is 3.73. The fourth-order valence-corrected chi connectivity index (χ4v) is 3.56. The number of ether oxygens (including phenoxy) is 1. The molecule has 6 heteroatoms. The Balaban J connectivity index is 2.86. The van der Waals surface area contributed by atoms with E-state index in [1.807, 2.05) is 0 Å². The molecular formula is C9H17NO3S2. The molecule has 15 heavy (non-hydrogen) atoms. The van der Waals surface area contributed by atoms with Gasteiger partial charge in [0.25, 0.3) is 0 Å². The van der Waals surface area contributed by atoms with E-state index in [1.54, 1.807) is 7.11 Å². The zero-order valence-corrected chi connectivity index (χ0v) is 10.7. The SMILES string of the molecule is COC[C@@]1(C(N)=S)CC[C@@H](S(C)(=O)=O)C1. The maximum Gasteiger partial charge on any atom is 0.150 e. The number of thiocarbonyl (C=S) groups is 1. The predicted molar refractivity (Wildman–Crippen MR) is 63.6 cm³/mol. The second-order valence-corrected chi connectivity index (χ2v) is 7.04. The molecule has 1 saturated carbocycles. The van der Waals surface area contributed by atoms with Gasteiger partial charge in [0.1, 0.15) is 9.84 Å². The lowest BCUT2D eigenvalue weighted by molar-refractivity contribution is 0.127. The van der Waals surface area contributed by atoms with Crippen LogP contribution in [-0.4, -0.2) is 38.6 Å². The monoisotopic (exact) mass is 251 g/mol. The van der Waals surface area contributed by atoms with Crippen LogP contribution in [-0.2, 0) is 14.6 Å². The van der Waals surface area contributed by atoms with Gasteiger partial charge in [-0.15, -0.1) is 0 Å². The highest BCUT2D eigenvalue weighted by Gasteiger charge is 2.45. The molecule has 0 spiro atoms. The van der Waals surface area contributed by atoms with Crippen LogP contribution in [0.5, 0.6) is 0 Å². The maximum absolute atomic E-state index is 11.4. The minimum absolute atomic E-state index is 0.325. The van der Waals surface area contributed by atoms with E-state index in [-0.39, 0.29) is 5.25 Å². The zero-order valence-electron chi connectivity index (χ0n) is 9.02. The molecule has 1 aliphatic rings. The van der Waals surface area contributed by atoms with Crippen LogP contribution in [0.1, 0.15) is 19.3 Å². The molecule has 0 bridgehead atoms. The summed E-state index contributed by atoms with van der Waals surface area (Å²) < 4.78 is 27.9. The summed E-state index contributed by atoms with van der Waals surface area (Å²) in [5.41, 5.74) is 5.26. The second kappa shape index (κ2) is 4.35. The van der Waals surface area contributed by atoms with E-state index >= 15 is 0 Å². The Labute approximate surface area is 96.1 Å². The molecule has 1 fully saturated rings. The van der Waals surface area contributed by atoms with Crippen molar-refractivity contribution in [2.45, 2.75) is 24.5 Å². The Hall–Kier alpha value is -0.200. The first-order valence-electron chi connectivity index (χ1n) is 4.79. The van der Waals surface area contributed by atoms with Crippen molar-refractivity contribution in [2.24, 2.45) is 11.1 Å². The predicted octanol–water partition coefficient (Wildman–Crippen LogP) is 0.502. The van der Waals surface area contributed by atoms with E-state index in [4.69, 9.17) is 22.7 Å². The molecule has 0 radical (unpaired) electrons. The van der Waals surface area contributed by atoms with Gasteiger partial charge < -0.3 is 10.5 Å². The molecule has 1 aliphatic carbocycles. The summed E-state index contributed by atoms with van der Waals surface area (Å²) in [7, 11) is -1.42. The van der Waals surface area contributed by atoms with Gasteiger partial charge in [0.15, 0.2) is 0 Å². The molecule has 2 N–H and O–H groups in total.